The molecule has 118 valence electrons. The Bertz CT molecular complexity index is 524. The summed E-state index contributed by atoms with van der Waals surface area (Å²) in [7, 11) is 0. The molecule has 2 atom stereocenters. The van der Waals surface area contributed by atoms with E-state index in [4.69, 9.17) is 17.3 Å². The second kappa shape index (κ2) is 6.36. The summed E-state index contributed by atoms with van der Waals surface area (Å²) in [5.74, 6) is 0.463. The number of nitrogens with two attached hydrogens (primary N) is 1. The number of likely N-dealkylation sites (tertiary alicyclic amines) is 1. The summed E-state index contributed by atoms with van der Waals surface area (Å²) >= 11 is 6.53. The maximum Gasteiger partial charge on any atom is 0.239 e. The van der Waals surface area contributed by atoms with Gasteiger partial charge in [0.1, 0.15) is 5.15 Å². The molecule has 0 unspecified atom stereocenters. The van der Waals surface area contributed by atoms with Gasteiger partial charge < -0.3 is 10.6 Å². The smallest absolute Gasteiger partial charge is 0.239 e. The van der Waals surface area contributed by atoms with E-state index in [-0.39, 0.29) is 11.9 Å². The van der Waals surface area contributed by atoms with E-state index in [0.717, 1.165) is 37.2 Å². The molecule has 1 amide bonds. The van der Waals surface area contributed by atoms with Crippen molar-refractivity contribution < 1.29 is 4.79 Å². The molecule has 1 aromatic rings. The summed E-state index contributed by atoms with van der Waals surface area (Å²) in [6.45, 7) is 9.49. The van der Waals surface area contributed by atoms with Crippen LogP contribution in [-0.2, 0) is 11.3 Å². The van der Waals surface area contributed by atoms with Crippen molar-refractivity contribution in [3.8, 4) is 0 Å². The predicted molar refractivity (Wildman–Crippen MR) is 84.1 cm³/mol. The van der Waals surface area contributed by atoms with Crippen LogP contribution in [0.3, 0.4) is 0 Å². The molecule has 1 aliphatic rings. The third-order valence-electron chi connectivity index (χ3n) is 3.91. The fourth-order valence-corrected chi connectivity index (χ4v) is 3.37. The van der Waals surface area contributed by atoms with Crippen LogP contribution in [0.15, 0.2) is 0 Å². The van der Waals surface area contributed by atoms with Crippen LogP contribution in [0.25, 0.3) is 0 Å². The van der Waals surface area contributed by atoms with Crippen molar-refractivity contribution in [3.63, 3.8) is 0 Å². The lowest BCUT2D eigenvalue weighted by molar-refractivity contribution is -0.133. The summed E-state index contributed by atoms with van der Waals surface area (Å²) in [6, 6.07) is -0.465. The fraction of sp³-hybridized carbons (Fsp3) is 0.733. The molecule has 0 spiro atoms. The summed E-state index contributed by atoms with van der Waals surface area (Å²) in [5.41, 5.74) is 7.66. The molecule has 0 aliphatic carbocycles. The van der Waals surface area contributed by atoms with Gasteiger partial charge in [-0.1, -0.05) is 25.4 Å². The van der Waals surface area contributed by atoms with Crippen LogP contribution in [0.2, 0.25) is 5.15 Å². The van der Waals surface area contributed by atoms with Crippen molar-refractivity contribution in [1.29, 1.82) is 0 Å². The van der Waals surface area contributed by atoms with Crippen molar-refractivity contribution in [1.82, 2.24) is 14.7 Å². The van der Waals surface area contributed by atoms with Crippen LogP contribution in [0.4, 0.5) is 0 Å². The topological polar surface area (TPSA) is 64.2 Å². The monoisotopic (exact) mass is 312 g/mol. The van der Waals surface area contributed by atoms with E-state index in [1.54, 1.807) is 6.92 Å². The zero-order chi connectivity index (χ0) is 15.7. The van der Waals surface area contributed by atoms with E-state index in [0.29, 0.717) is 11.1 Å². The molecule has 2 heterocycles. The summed E-state index contributed by atoms with van der Waals surface area (Å²) in [6.07, 6.45) is 1.90. The van der Waals surface area contributed by atoms with Gasteiger partial charge in [-0.3, -0.25) is 9.48 Å². The van der Waals surface area contributed by atoms with E-state index in [9.17, 15) is 4.79 Å². The molecular weight excluding hydrogens is 288 g/mol. The first-order chi connectivity index (χ1) is 9.82. The Labute approximate surface area is 131 Å². The molecule has 5 nitrogen and oxygen atoms in total. The molecular formula is C15H25ClN4O. The van der Waals surface area contributed by atoms with Crippen molar-refractivity contribution >= 4 is 17.5 Å². The summed E-state index contributed by atoms with van der Waals surface area (Å²) in [5, 5.41) is 5.21. The Kier molecular flexibility index (Phi) is 4.94. The zero-order valence-electron chi connectivity index (χ0n) is 13.3. The Morgan fingerprint density at radius 3 is 2.71 bits per heavy atom. The summed E-state index contributed by atoms with van der Waals surface area (Å²) < 4.78 is 1.85. The lowest BCUT2D eigenvalue weighted by Gasteiger charge is -2.26. The molecule has 0 saturated carbocycles. The number of nitrogens with zero attached hydrogens (tertiary/aromatic N) is 3. The van der Waals surface area contributed by atoms with Gasteiger partial charge in [-0.05, 0) is 32.6 Å². The van der Waals surface area contributed by atoms with Gasteiger partial charge in [-0.15, -0.1) is 0 Å². The van der Waals surface area contributed by atoms with Crippen LogP contribution in [-0.4, -0.2) is 33.2 Å². The maximum atomic E-state index is 12.3. The van der Waals surface area contributed by atoms with E-state index >= 15 is 0 Å². The molecule has 1 aliphatic heterocycles. The Morgan fingerprint density at radius 1 is 1.48 bits per heavy atom. The van der Waals surface area contributed by atoms with Crippen molar-refractivity contribution in [2.75, 3.05) is 6.54 Å². The van der Waals surface area contributed by atoms with Crippen LogP contribution in [0, 0.1) is 12.8 Å². The molecule has 0 radical (unpaired) electrons. The van der Waals surface area contributed by atoms with Gasteiger partial charge in [0.05, 0.1) is 17.8 Å². The quantitative estimate of drug-likeness (QED) is 0.929. The Morgan fingerprint density at radius 2 is 2.14 bits per heavy atom. The highest BCUT2D eigenvalue weighted by Crippen LogP contribution is 2.38. The SMILES string of the molecule is Cc1nn(CC(C)C)c(Cl)c1[C@H]1CCCN1C(=O)[C@H](C)N. The average Bonchev–Trinajstić information content (AvgIpc) is 2.94. The fourth-order valence-electron chi connectivity index (χ4n) is 3.00. The van der Waals surface area contributed by atoms with Gasteiger partial charge in [-0.2, -0.15) is 5.10 Å². The minimum absolute atomic E-state index is 0.00965. The van der Waals surface area contributed by atoms with Crippen molar-refractivity contribution in [2.24, 2.45) is 11.7 Å². The van der Waals surface area contributed by atoms with Gasteiger partial charge in [0.15, 0.2) is 0 Å². The highest BCUT2D eigenvalue weighted by atomic mass is 35.5. The molecule has 21 heavy (non-hydrogen) atoms. The first-order valence-electron chi connectivity index (χ1n) is 7.61. The molecule has 0 aromatic carbocycles. The number of rotatable bonds is 4. The average molecular weight is 313 g/mol. The number of aryl methyl sites for hydroxylation is 1. The molecule has 2 N–H and O–H groups in total. The Balaban J connectivity index is 2.32. The molecule has 1 aromatic heterocycles. The van der Waals surface area contributed by atoms with E-state index < -0.39 is 6.04 Å². The standard InChI is InChI=1S/C15H25ClN4O/c1-9(2)8-20-14(16)13(11(4)18-20)12-6-5-7-19(12)15(21)10(3)17/h9-10,12H,5-8,17H2,1-4H3/t10-,12+/m0/s1. The number of halogens is 1. The lowest BCUT2D eigenvalue weighted by Crippen LogP contribution is -2.41. The maximum absolute atomic E-state index is 12.3. The second-order valence-corrected chi connectivity index (χ2v) is 6.70. The first-order valence-corrected chi connectivity index (χ1v) is 7.99. The van der Waals surface area contributed by atoms with Crippen LogP contribution in [0.5, 0.6) is 0 Å². The number of hydrogen-bond donors (Lipinski definition) is 1. The Hall–Kier alpha value is -1.07. The van der Waals surface area contributed by atoms with Gasteiger partial charge in [0, 0.05) is 18.7 Å². The third kappa shape index (κ3) is 3.24. The van der Waals surface area contributed by atoms with Crippen molar-refractivity contribution in [3.05, 3.63) is 16.4 Å². The largest absolute Gasteiger partial charge is 0.334 e. The highest BCUT2D eigenvalue weighted by Gasteiger charge is 2.35. The molecule has 0 bridgehead atoms. The normalized spacial score (nSPS) is 20.3. The minimum atomic E-state index is -0.476. The second-order valence-electron chi connectivity index (χ2n) is 6.34. The lowest BCUT2D eigenvalue weighted by atomic mass is 10.1. The van der Waals surface area contributed by atoms with E-state index in [2.05, 4.69) is 18.9 Å². The van der Waals surface area contributed by atoms with Gasteiger partial charge >= 0.3 is 0 Å². The van der Waals surface area contributed by atoms with Crippen LogP contribution >= 0.6 is 11.6 Å². The van der Waals surface area contributed by atoms with Crippen LogP contribution in [0.1, 0.15) is 50.9 Å². The van der Waals surface area contributed by atoms with E-state index in [1.807, 2.05) is 16.5 Å². The number of amides is 1. The van der Waals surface area contributed by atoms with Crippen molar-refractivity contribution in [2.45, 2.75) is 59.2 Å². The third-order valence-corrected chi connectivity index (χ3v) is 4.30. The molecule has 1 fully saturated rings. The number of hydrogen-bond acceptors (Lipinski definition) is 3. The van der Waals surface area contributed by atoms with Gasteiger partial charge in [-0.25, -0.2) is 0 Å². The van der Waals surface area contributed by atoms with Crippen LogP contribution < -0.4 is 5.73 Å². The van der Waals surface area contributed by atoms with E-state index in [1.165, 1.54) is 0 Å². The number of aromatic nitrogens is 2. The minimum Gasteiger partial charge on any atom is -0.334 e. The number of carbonyl (C=O) groups is 1. The summed E-state index contributed by atoms with van der Waals surface area (Å²) in [4.78, 5) is 14.1. The highest BCUT2D eigenvalue weighted by molar-refractivity contribution is 6.30. The van der Waals surface area contributed by atoms with Gasteiger partial charge in [0.2, 0.25) is 5.91 Å². The number of carbonyl (C=O) groups excluding carboxylic acids is 1. The molecule has 1 saturated heterocycles. The van der Waals surface area contributed by atoms with Gasteiger partial charge in [0.25, 0.3) is 0 Å². The molecule has 2 rings (SSSR count). The zero-order valence-corrected chi connectivity index (χ0v) is 14.0. The predicted octanol–water partition coefficient (Wildman–Crippen LogP) is 2.51. The molecule has 6 heteroatoms. The first kappa shape index (κ1) is 16.3.